The number of hydrogen-bond donors (Lipinski definition) is 2. The Kier molecular flexibility index (Phi) is 7.20. The molecule has 0 atom stereocenters. The molecule has 0 radical (unpaired) electrons. The minimum Gasteiger partial charge on any atom is -0.316 e. The van der Waals surface area contributed by atoms with Crippen LogP contribution >= 0.6 is 11.8 Å². The molecule has 0 aliphatic heterocycles. The van der Waals surface area contributed by atoms with Crippen molar-refractivity contribution in [2.45, 2.75) is 42.9 Å². The highest BCUT2D eigenvalue weighted by molar-refractivity contribution is 8.00. The fraction of sp³-hybridized carbons (Fsp3) is 0.600. The molecule has 0 fully saturated rings. The Hall–Kier alpha value is -0.560. The van der Waals surface area contributed by atoms with Crippen LogP contribution in [0.3, 0.4) is 0 Å². The van der Waals surface area contributed by atoms with Crippen molar-refractivity contribution in [3.05, 3.63) is 29.8 Å². The zero-order valence-corrected chi connectivity index (χ0v) is 14.9. The van der Waals surface area contributed by atoms with Crippen molar-refractivity contribution in [3.8, 4) is 0 Å². The fourth-order valence-corrected chi connectivity index (χ4v) is 4.17. The van der Waals surface area contributed by atoms with Gasteiger partial charge in [-0.05, 0) is 43.8 Å². The first kappa shape index (κ1) is 18.5. The van der Waals surface area contributed by atoms with E-state index in [-0.39, 0.29) is 4.75 Å². The van der Waals surface area contributed by atoms with Crippen LogP contribution in [0.4, 0.5) is 0 Å². The van der Waals surface area contributed by atoms with Gasteiger partial charge in [-0.25, -0.2) is 13.1 Å². The van der Waals surface area contributed by atoms with Crippen LogP contribution in [0.15, 0.2) is 29.2 Å². The van der Waals surface area contributed by atoms with E-state index in [0.29, 0.717) is 11.4 Å². The lowest BCUT2D eigenvalue weighted by atomic mass is 10.0. The lowest BCUT2D eigenvalue weighted by Gasteiger charge is -2.29. The van der Waals surface area contributed by atoms with Crippen LogP contribution in [0, 0.1) is 0 Å². The summed E-state index contributed by atoms with van der Waals surface area (Å²) in [6.45, 7) is 5.39. The summed E-state index contributed by atoms with van der Waals surface area (Å²) in [5, 5.41) is 3.04. The lowest BCUT2D eigenvalue weighted by Crippen LogP contribution is -2.39. The fourth-order valence-electron chi connectivity index (χ4n) is 2.16. The molecule has 0 heterocycles. The second-order valence-corrected chi connectivity index (χ2v) is 8.13. The van der Waals surface area contributed by atoms with Gasteiger partial charge in [-0.3, -0.25) is 0 Å². The Balaban J connectivity index is 2.81. The van der Waals surface area contributed by atoms with Crippen LogP contribution in [0.1, 0.15) is 32.3 Å². The predicted molar refractivity (Wildman–Crippen MR) is 91.2 cm³/mol. The van der Waals surface area contributed by atoms with E-state index in [1.165, 1.54) is 0 Å². The van der Waals surface area contributed by atoms with E-state index in [1.807, 2.05) is 25.4 Å². The van der Waals surface area contributed by atoms with E-state index in [4.69, 9.17) is 0 Å². The minimum atomic E-state index is -3.44. The number of thioether (sulfide) groups is 1. The van der Waals surface area contributed by atoms with Crippen LogP contribution in [0.25, 0.3) is 0 Å². The zero-order valence-electron chi connectivity index (χ0n) is 13.3. The second-order valence-electron chi connectivity index (χ2n) is 5.09. The number of nitrogens with one attached hydrogen (secondary N) is 2. The molecule has 1 aromatic rings. The largest absolute Gasteiger partial charge is 0.316 e. The van der Waals surface area contributed by atoms with E-state index in [1.54, 1.807) is 23.9 Å². The molecule has 6 heteroatoms. The minimum absolute atomic E-state index is 0.0286. The maximum absolute atomic E-state index is 12.4. The highest BCUT2D eigenvalue weighted by Gasteiger charge is 2.27. The molecule has 0 aromatic heterocycles. The van der Waals surface area contributed by atoms with Crippen LogP contribution in [0.2, 0.25) is 0 Å². The van der Waals surface area contributed by atoms with Crippen molar-refractivity contribution in [2.75, 3.05) is 19.8 Å². The molecule has 0 aliphatic rings. The molecule has 0 saturated heterocycles. The van der Waals surface area contributed by atoms with Gasteiger partial charge in [0, 0.05) is 17.8 Å². The quantitative estimate of drug-likeness (QED) is 0.731. The Bertz CT molecular complexity index is 515. The third-order valence-electron chi connectivity index (χ3n) is 3.92. The molecular weight excluding hydrogens is 304 g/mol. The Morgan fingerprint density at radius 3 is 2.14 bits per heavy atom. The third kappa shape index (κ3) is 4.98. The predicted octanol–water partition coefficient (Wildman–Crippen LogP) is 2.61. The molecule has 1 aromatic carbocycles. The topological polar surface area (TPSA) is 58.2 Å². The van der Waals surface area contributed by atoms with Gasteiger partial charge in [0.1, 0.15) is 0 Å². The molecule has 0 aliphatic carbocycles. The van der Waals surface area contributed by atoms with Gasteiger partial charge in [0.05, 0.1) is 4.90 Å². The van der Waals surface area contributed by atoms with Crippen molar-refractivity contribution >= 4 is 21.8 Å². The monoisotopic (exact) mass is 330 g/mol. The number of rotatable bonds is 9. The molecule has 1 rings (SSSR count). The highest BCUT2D eigenvalue weighted by atomic mass is 32.2. The van der Waals surface area contributed by atoms with Crippen LogP contribution in [-0.4, -0.2) is 33.0 Å². The first-order chi connectivity index (χ1) is 9.93. The molecule has 0 amide bonds. The van der Waals surface area contributed by atoms with E-state index in [0.717, 1.165) is 24.9 Å². The molecule has 0 unspecified atom stereocenters. The van der Waals surface area contributed by atoms with Gasteiger partial charge in [-0.2, -0.15) is 11.8 Å². The first-order valence-electron chi connectivity index (χ1n) is 7.21. The Morgan fingerprint density at radius 1 is 1.14 bits per heavy atom. The van der Waals surface area contributed by atoms with Crippen molar-refractivity contribution in [1.82, 2.24) is 10.0 Å². The molecule has 120 valence electrons. The molecular formula is C15H26N2O2S2. The summed E-state index contributed by atoms with van der Waals surface area (Å²) >= 11 is 1.73. The summed E-state index contributed by atoms with van der Waals surface area (Å²) in [4.78, 5) is 0.324. The maximum Gasteiger partial charge on any atom is 0.240 e. The van der Waals surface area contributed by atoms with Gasteiger partial charge in [-0.1, -0.05) is 26.0 Å². The number of sulfonamides is 1. The number of benzene rings is 1. The summed E-state index contributed by atoms with van der Waals surface area (Å²) in [5.41, 5.74) is 1.07. The van der Waals surface area contributed by atoms with Gasteiger partial charge in [-0.15, -0.1) is 0 Å². The molecule has 4 nitrogen and oxygen atoms in total. The molecule has 21 heavy (non-hydrogen) atoms. The standard InChI is InChI=1S/C15H26N2O2S2/c1-5-15(6-2,20-4)12-17-21(18,19)14-9-7-13(8-10-14)11-16-3/h7-10,16-17H,5-6,11-12H2,1-4H3. The zero-order chi connectivity index (χ0) is 15.9. The Labute approximate surface area is 133 Å². The van der Waals surface area contributed by atoms with Crippen LogP contribution in [0.5, 0.6) is 0 Å². The highest BCUT2D eigenvalue weighted by Crippen LogP contribution is 2.30. The summed E-state index contributed by atoms with van der Waals surface area (Å²) < 4.78 is 27.4. The summed E-state index contributed by atoms with van der Waals surface area (Å²) in [6, 6.07) is 7.00. The molecule has 0 saturated carbocycles. The molecule has 2 N–H and O–H groups in total. The van der Waals surface area contributed by atoms with Crippen molar-refractivity contribution in [3.63, 3.8) is 0 Å². The van der Waals surface area contributed by atoms with Crippen LogP contribution < -0.4 is 10.0 Å². The SMILES string of the molecule is CCC(CC)(CNS(=O)(=O)c1ccc(CNC)cc1)SC. The third-order valence-corrected chi connectivity index (χ3v) is 6.93. The Morgan fingerprint density at radius 2 is 1.71 bits per heavy atom. The van der Waals surface area contributed by atoms with Gasteiger partial charge in [0.15, 0.2) is 0 Å². The normalized spacial score (nSPS) is 12.6. The van der Waals surface area contributed by atoms with Gasteiger partial charge in [0.25, 0.3) is 0 Å². The van der Waals surface area contributed by atoms with Crippen LogP contribution in [-0.2, 0) is 16.6 Å². The first-order valence-corrected chi connectivity index (χ1v) is 9.92. The average Bonchev–Trinajstić information content (AvgIpc) is 2.50. The maximum atomic E-state index is 12.4. The molecule has 0 spiro atoms. The van der Waals surface area contributed by atoms with Crippen molar-refractivity contribution < 1.29 is 8.42 Å². The van der Waals surface area contributed by atoms with Crippen molar-refractivity contribution in [1.29, 1.82) is 0 Å². The second kappa shape index (κ2) is 8.17. The smallest absolute Gasteiger partial charge is 0.240 e. The van der Waals surface area contributed by atoms with Gasteiger partial charge >= 0.3 is 0 Å². The van der Waals surface area contributed by atoms with E-state index < -0.39 is 10.0 Å². The number of hydrogen-bond acceptors (Lipinski definition) is 4. The lowest BCUT2D eigenvalue weighted by molar-refractivity contribution is 0.522. The van der Waals surface area contributed by atoms with E-state index >= 15 is 0 Å². The summed E-state index contributed by atoms with van der Waals surface area (Å²) in [5.74, 6) is 0. The van der Waals surface area contributed by atoms with E-state index in [2.05, 4.69) is 23.9 Å². The summed E-state index contributed by atoms with van der Waals surface area (Å²) in [6.07, 6.45) is 3.91. The molecule has 0 bridgehead atoms. The summed E-state index contributed by atoms with van der Waals surface area (Å²) in [7, 11) is -1.57. The van der Waals surface area contributed by atoms with Gasteiger partial charge < -0.3 is 5.32 Å². The van der Waals surface area contributed by atoms with Crippen molar-refractivity contribution in [2.24, 2.45) is 0 Å². The average molecular weight is 331 g/mol. The van der Waals surface area contributed by atoms with E-state index in [9.17, 15) is 8.42 Å². The van der Waals surface area contributed by atoms with Gasteiger partial charge in [0.2, 0.25) is 10.0 Å².